The Hall–Kier alpha value is -1.13. The maximum atomic E-state index is 13.6. The van der Waals surface area contributed by atoms with E-state index in [1.807, 2.05) is 6.92 Å². The van der Waals surface area contributed by atoms with Crippen LogP contribution in [0.15, 0.2) is 29.3 Å². The number of guanidine groups is 1. The standard InChI is InChI=1S/C21H36FN5O.HI/c1-4-26-13-15-27(16-14-26)12-8-7-11-24-21(23-3)25-17-18(2)28-20-10-6-5-9-19(20)22;/h5-6,9-10,18H,4,7-8,11-17H2,1-3H3,(H2,23,24,25);1H. The summed E-state index contributed by atoms with van der Waals surface area (Å²) in [5, 5.41) is 6.57. The number of rotatable bonds is 10. The summed E-state index contributed by atoms with van der Waals surface area (Å²) < 4.78 is 19.3. The summed E-state index contributed by atoms with van der Waals surface area (Å²) in [5.41, 5.74) is 0. The number of likely N-dealkylation sites (N-methyl/N-ethyl adjacent to an activating group) is 1. The first-order chi connectivity index (χ1) is 13.6. The highest BCUT2D eigenvalue weighted by Gasteiger charge is 2.14. The minimum absolute atomic E-state index is 0. The van der Waals surface area contributed by atoms with Crippen molar-refractivity contribution in [3.63, 3.8) is 0 Å². The van der Waals surface area contributed by atoms with Gasteiger partial charge >= 0.3 is 0 Å². The van der Waals surface area contributed by atoms with E-state index >= 15 is 0 Å². The number of hydrogen-bond acceptors (Lipinski definition) is 4. The second-order valence-electron chi connectivity index (χ2n) is 7.22. The molecule has 0 saturated carbocycles. The summed E-state index contributed by atoms with van der Waals surface area (Å²) in [5.74, 6) is 0.688. The first-order valence-electron chi connectivity index (χ1n) is 10.4. The van der Waals surface area contributed by atoms with Gasteiger partial charge in [0.15, 0.2) is 17.5 Å². The summed E-state index contributed by atoms with van der Waals surface area (Å²) in [6.45, 7) is 12.7. The van der Waals surface area contributed by atoms with Crippen LogP contribution in [-0.2, 0) is 0 Å². The van der Waals surface area contributed by atoms with Gasteiger partial charge in [-0.2, -0.15) is 0 Å². The zero-order valence-electron chi connectivity index (χ0n) is 18.0. The first kappa shape index (κ1) is 25.9. The quantitative estimate of drug-likeness (QED) is 0.215. The molecule has 2 rings (SSSR count). The van der Waals surface area contributed by atoms with Crippen LogP contribution in [0.3, 0.4) is 0 Å². The van der Waals surface area contributed by atoms with Gasteiger partial charge in [-0.15, -0.1) is 24.0 Å². The molecule has 29 heavy (non-hydrogen) atoms. The van der Waals surface area contributed by atoms with Gasteiger partial charge in [0.1, 0.15) is 6.10 Å². The molecular weight excluding hydrogens is 484 g/mol. The van der Waals surface area contributed by atoms with Crippen LogP contribution in [0.4, 0.5) is 4.39 Å². The fourth-order valence-electron chi connectivity index (χ4n) is 3.26. The van der Waals surface area contributed by atoms with Crippen molar-refractivity contribution in [2.45, 2.75) is 32.8 Å². The number of halogens is 2. The fourth-order valence-corrected chi connectivity index (χ4v) is 3.26. The lowest BCUT2D eigenvalue weighted by molar-refractivity contribution is 0.136. The lowest BCUT2D eigenvalue weighted by atomic mass is 10.2. The Labute approximate surface area is 192 Å². The number of piperazine rings is 1. The Morgan fingerprint density at radius 3 is 2.48 bits per heavy atom. The Balaban J connectivity index is 0.00000420. The van der Waals surface area contributed by atoms with Crippen molar-refractivity contribution < 1.29 is 9.13 Å². The van der Waals surface area contributed by atoms with Gasteiger partial charge in [-0.25, -0.2) is 4.39 Å². The Bertz CT molecular complexity index is 596. The molecule has 0 spiro atoms. The molecule has 0 aliphatic carbocycles. The average molecular weight is 521 g/mol. The van der Waals surface area contributed by atoms with E-state index in [-0.39, 0.29) is 41.6 Å². The van der Waals surface area contributed by atoms with Crippen LogP contribution >= 0.6 is 24.0 Å². The zero-order valence-corrected chi connectivity index (χ0v) is 20.3. The van der Waals surface area contributed by atoms with E-state index in [1.54, 1.807) is 25.2 Å². The minimum atomic E-state index is -0.340. The number of ether oxygens (including phenoxy) is 1. The average Bonchev–Trinajstić information content (AvgIpc) is 2.72. The number of benzene rings is 1. The molecule has 0 aromatic heterocycles. The van der Waals surface area contributed by atoms with E-state index in [9.17, 15) is 4.39 Å². The molecule has 1 atom stereocenters. The fraction of sp³-hybridized carbons (Fsp3) is 0.667. The molecule has 1 aromatic carbocycles. The molecule has 0 bridgehead atoms. The van der Waals surface area contributed by atoms with Gasteiger partial charge in [-0.3, -0.25) is 4.99 Å². The predicted molar refractivity (Wildman–Crippen MR) is 129 cm³/mol. The molecule has 1 saturated heterocycles. The first-order valence-corrected chi connectivity index (χ1v) is 10.4. The lowest BCUT2D eigenvalue weighted by Crippen LogP contribution is -2.46. The largest absolute Gasteiger partial charge is 0.486 e. The molecule has 1 aromatic rings. The van der Waals surface area contributed by atoms with E-state index in [4.69, 9.17) is 4.74 Å². The third kappa shape index (κ3) is 9.95. The number of aliphatic imine (C=N–C) groups is 1. The van der Waals surface area contributed by atoms with Crippen molar-refractivity contribution in [2.24, 2.45) is 4.99 Å². The summed E-state index contributed by atoms with van der Waals surface area (Å²) in [7, 11) is 1.75. The van der Waals surface area contributed by atoms with Crippen molar-refractivity contribution in [3.8, 4) is 5.75 Å². The van der Waals surface area contributed by atoms with Crippen molar-refractivity contribution in [1.29, 1.82) is 0 Å². The normalized spacial score (nSPS) is 16.8. The van der Waals surface area contributed by atoms with Crippen LogP contribution in [-0.4, -0.2) is 81.3 Å². The number of hydrogen-bond donors (Lipinski definition) is 2. The number of unbranched alkanes of at least 4 members (excludes halogenated alkanes) is 1. The number of nitrogens with zero attached hydrogens (tertiary/aromatic N) is 3. The maximum Gasteiger partial charge on any atom is 0.191 e. The summed E-state index contributed by atoms with van der Waals surface area (Å²) in [6, 6.07) is 6.46. The van der Waals surface area contributed by atoms with E-state index < -0.39 is 0 Å². The van der Waals surface area contributed by atoms with Crippen molar-refractivity contribution in [3.05, 3.63) is 30.1 Å². The van der Waals surface area contributed by atoms with Crippen LogP contribution in [0.25, 0.3) is 0 Å². The topological polar surface area (TPSA) is 52.1 Å². The van der Waals surface area contributed by atoms with Gasteiger partial charge in [0.2, 0.25) is 0 Å². The van der Waals surface area contributed by atoms with Crippen LogP contribution in [0.1, 0.15) is 26.7 Å². The van der Waals surface area contributed by atoms with Crippen molar-refractivity contribution in [1.82, 2.24) is 20.4 Å². The van der Waals surface area contributed by atoms with Gasteiger partial charge in [0.25, 0.3) is 0 Å². The summed E-state index contributed by atoms with van der Waals surface area (Å²) >= 11 is 0. The molecule has 1 fully saturated rings. The Kier molecular flexibility index (Phi) is 13.2. The molecule has 8 heteroatoms. The molecule has 0 amide bonds. The number of nitrogens with one attached hydrogen (secondary N) is 2. The van der Waals surface area contributed by atoms with Crippen molar-refractivity contribution in [2.75, 3.05) is 59.4 Å². The molecule has 6 nitrogen and oxygen atoms in total. The SMILES string of the molecule is CCN1CCN(CCCCNC(=NC)NCC(C)Oc2ccccc2F)CC1.I. The van der Waals surface area contributed by atoms with Gasteiger partial charge < -0.3 is 25.2 Å². The number of para-hydroxylation sites is 1. The molecule has 0 radical (unpaired) electrons. The van der Waals surface area contributed by atoms with E-state index in [0.717, 1.165) is 25.5 Å². The molecule has 166 valence electrons. The predicted octanol–water partition coefficient (Wildman–Crippen LogP) is 2.79. The molecule has 1 aliphatic rings. The lowest BCUT2D eigenvalue weighted by Gasteiger charge is -2.34. The van der Waals surface area contributed by atoms with Crippen LogP contribution < -0.4 is 15.4 Å². The van der Waals surface area contributed by atoms with Crippen LogP contribution in [0.2, 0.25) is 0 Å². The molecule has 2 N–H and O–H groups in total. The highest BCUT2D eigenvalue weighted by Crippen LogP contribution is 2.16. The third-order valence-corrected chi connectivity index (χ3v) is 5.05. The molecule has 1 aliphatic heterocycles. The Morgan fingerprint density at radius 2 is 1.83 bits per heavy atom. The van der Waals surface area contributed by atoms with Gasteiger partial charge in [0, 0.05) is 39.8 Å². The third-order valence-electron chi connectivity index (χ3n) is 5.05. The minimum Gasteiger partial charge on any atom is -0.486 e. The van der Waals surface area contributed by atoms with Gasteiger partial charge in [0.05, 0.1) is 6.54 Å². The van der Waals surface area contributed by atoms with E-state index in [0.29, 0.717) is 6.54 Å². The van der Waals surface area contributed by atoms with Gasteiger partial charge in [-0.1, -0.05) is 19.1 Å². The summed E-state index contributed by atoms with van der Waals surface area (Å²) in [6.07, 6.45) is 2.12. The second-order valence-corrected chi connectivity index (χ2v) is 7.22. The van der Waals surface area contributed by atoms with E-state index in [1.165, 1.54) is 45.2 Å². The molecular formula is C21H37FIN5O. The highest BCUT2D eigenvalue weighted by molar-refractivity contribution is 14.0. The zero-order chi connectivity index (χ0) is 20.2. The summed E-state index contributed by atoms with van der Waals surface area (Å²) in [4.78, 5) is 9.30. The second kappa shape index (κ2) is 14.8. The maximum absolute atomic E-state index is 13.6. The smallest absolute Gasteiger partial charge is 0.191 e. The van der Waals surface area contributed by atoms with Crippen LogP contribution in [0.5, 0.6) is 5.75 Å². The highest BCUT2D eigenvalue weighted by atomic mass is 127. The molecule has 1 heterocycles. The molecule has 1 unspecified atom stereocenters. The monoisotopic (exact) mass is 521 g/mol. The van der Waals surface area contributed by atoms with Gasteiger partial charge in [-0.05, 0) is 45.0 Å². The Morgan fingerprint density at radius 1 is 1.14 bits per heavy atom. The van der Waals surface area contributed by atoms with Crippen LogP contribution in [0, 0.1) is 5.82 Å². The van der Waals surface area contributed by atoms with Crippen molar-refractivity contribution >= 4 is 29.9 Å². The van der Waals surface area contributed by atoms with E-state index in [2.05, 4.69) is 32.3 Å².